The summed E-state index contributed by atoms with van der Waals surface area (Å²) < 4.78 is 1.79. The lowest BCUT2D eigenvalue weighted by Gasteiger charge is -2.10. The number of aryl methyl sites for hydroxylation is 1. The molecule has 19 heavy (non-hydrogen) atoms. The first kappa shape index (κ1) is 16.0. The Bertz CT molecular complexity index is 506. The van der Waals surface area contributed by atoms with Gasteiger partial charge in [-0.3, -0.25) is 9.67 Å². The molecule has 2 heterocycles. The van der Waals surface area contributed by atoms with Gasteiger partial charge in [-0.2, -0.15) is 16.4 Å². The molecule has 0 aliphatic carbocycles. The fourth-order valence-electron chi connectivity index (χ4n) is 1.55. The third kappa shape index (κ3) is 5.19. The van der Waals surface area contributed by atoms with Crippen molar-refractivity contribution in [1.82, 2.24) is 20.4 Å². The summed E-state index contributed by atoms with van der Waals surface area (Å²) in [6.07, 6.45) is 3.83. The molecule has 0 saturated carbocycles. The van der Waals surface area contributed by atoms with Crippen LogP contribution in [0.2, 0.25) is 0 Å². The normalized spacial score (nSPS) is 10.9. The third-order valence-electron chi connectivity index (χ3n) is 2.48. The lowest BCUT2D eigenvalue weighted by Crippen LogP contribution is -2.36. The molecular formula is C12H18IN5S. The van der Waals surface area contributed by atoms with Crippen molar-refractivity contribution in [2.75, 3.05) is 7.05 Å². The van der Waals surface area contributed by atoms with Crippen LogP contribution in [0.4, 0.5) is 0 Å². The third-order valence-corrected chi connectivity index (χ3v) is 3.21. The highest BCUT2D eigenvalue weighted by molar-refractivity contribution is 14.0. The Labute approximate surface area is 134 Å². The monoisotopic (exact) mass is 391 g/mol. The van der Waals surface area contributed by atoms with Gasteiger partial charge in [-0.25, -0.2) is 0 Å². The predicted octanol–water partition coefficient (Wildman–Crippen LogP) is 1.96. The summed E-state index contributed by atoms with van der Waals surface area (Å²) in [5.41, 5.74) is 2.40. The van der Waals surface area contributed by atoms with E-state index in [9.17, 15) is 0 Å². The van der Waals surface area contributed by atoms with Crippen molar-refractivity contribution >= 4 is 41.3 Å². The van der Waals surface area contributed by atoms with E-state index in [0.717, 1.165) is 24.6 Å². The van der Waals surface area contributed by atoms with Gasteiger partial charge in [0.1, 0.15) is 0 Å². The van der Waals surface area contributed by atoms with Crippen LogP contribution in [0.25, 0.3) is 0 Å². The van der Waals surface area contributed by atoms with Gasteiger partial charge >= 0.3 is 0 Å². The Balaban J connectivity index is 0.00000180. The number of rotatable bonds is 4. The molecule has 0 spiro atoms. The van der Waals surface area contributed by atoms with Crippen molar-refractivity contribution < 1.29 is 0 Å². The van der Waals surface area contributed by atoms with Gasteiger partial charge < -0.3 is 10.6 Å². The van der Waals surface area contributed by atoms with E-state index in [2.05, 4.69) is 37.6 Å². The van der Waals surface area contributed by atoms with Gasteiger partial charge in [-0.1, -0.05) is 0 Å². The maximum Gasteiger partial charge on any atom is 0.191 e. The lowest BCUT2D eigenvalue weighted by atomic mass is 10.3. The number of aliphatic imine (C=N–C) groups is 1. The minimum Gasteiger partial charge on any atom is -0.352 e. The van der Waals surface area contributed by atoms with Crippen molar-refractivity contribution in [2.45, 2.75) is 13.1 Å². The minimum atomic E-state index is 0. The quantitative estimate of drug-likeness (QED) is 0.476. The summed E-state index contributed by atoms with van der Waals surface area (Å²) in [7, 11) is 3.68. The topological polar surface area (TPSA) is 54.2 Å². The van der Waals surface area contributed by atoms with Crippen LogP contribution in [0.3, 0.4) is 0 Å². The minimum absolute atomic E-state index is 0. The molecule has 7 heteroatoms. The molecule has 0 fully saturated rings. The van der Waals surface area contributed by atoms with Crippen LogP contribution < -0.4 is 10.6 Å². The number of hydrogen-bond donors (Lipinski definition) is 2. The highest BCUT2D eigenvalue weighted by atomic mass is 127. The van der Waals surface area contributed by atoms with Crippen LogP contribution >= 0.6 is 35.3 Å². The van der Waals surface area contributed by atoms with Gasteiger partial charge in [0.25, 0.3) is 0 Å². The van der Waals surface area contributed by atoms with Crippen LogP contribution in [-0.2, 0) is 20.1 Å². The molecular weight excluding hydrogens is 373 g/mol. The second kappa shape index (κ2) is 8.16. The molecule has 0 amide bonds. The van der Waals surface area contributed by atoms with E-state index in [1.54, 1.807) is 23.1 Å². The summed E-state index contributed by atoms with van der Waals surface area (Å²) in [6.45, 7) is 1.51. The molecule has 0 radical (unpaired) electrons. The SMILES string of the molecule is CN=C(NCc1ccsc1)NCc1cnn(C)c1.I. The number of halogens is 1. The van der Waals surface area contributed by atoms with E-state index in [-0.39, 0.29) is 24.0 Å². The Morgan fingerprint density at radius 2 is 2.11 bits per heavy atom. The number of hydrogen-bond acceptors (Lipinski definition) is 3. The summed E-state index contributed by atoms with van der Waals surface area (Å²) in [4.78, 5) is 4.18. The summed E-state index contributed by atoms with van der Waals surface area (Å²) >= 11 is 1.70. The molecule has 2 aromatic rings. The van der Waals surface area contributed by atoms with E-state index in [1.165, 1.54) is 5.56 Å². The smallest absolute Gasteiger partial charge is 0.191 e. The van der Waals surface area contributed by atoms with E-state index in [4.69, 9.17) is 0 Å². The van der Waals surface area contributed by atoms with E-state index >= 15 is 0 Å². The molecule has 0 aliphatic heterocycles. The van der Waals surface area contributed by atoms with Crippen molar-refractivity contribution in [3.63, 3.8) is 0 Å². The zero-order chi connectivity index (χ0) is 12.8. The molecule has 2 aromatic heterocycles. The summed E-state index contributed by atoms with van der Waals surface area (Å²) in [6, 6.07) is 2.10. The van der Waals surface area contributed by atoms with Crippen LogP contribution in [0.5, 0.6) is 0 Å². The number of aromatic nitrogens is 2. The molecule has 5 nitrogen and oxygen atoms in total. The molecule has 0 unspecified atom stereocenters. The number of thiophene rings is 1. The van der Waals surface area contributed by atoms with Gasteiger partial charge in [0.15, 0.2) is 5.96 Å². The van der Waals surface area contributed by atoms with Gasteiger partial charge in [-0.15, -0.1) is 24.0 Å². The first-order valence-electron chi connectivity index (χ1n) is 5.71. The van der Waals surface area contributed by atoms with Crippen molar-refractivity contribution in [3.05, 3.63) is 40.3 Å². The second-order valence-electron chi connectivity index (χ2n) is 3.93. The maximum atomic E-state index is 4.18. The van der Waals surface area contributed by atoms with Crippen LogP contribution in [0.1, 0.15) is 11.1 Å². The average Bonchev–Trinajstić information content (AvgIpc) is 3.01. The molecule has 0 aliphatic rings. The molecule has 0 saturated heterocycles. The Morgan fingerprint density at radius 1 is 1.37 bits per heavy atom. The van der Waals surface area contributed by atoms with Crippen molar-refractivity contribution in [1.29, 1.82) is 0 Å². The molecule has 0 aromatic carbocycles. The average molecular weight is 391 g/mol. The van der Waals surface area contributed by atoms with E-state index in [1.807, 2.05) is 19.4 Å². The van der Waals surface area contributed by atoms with E-state index in [0.29, 0.717) is 0 Å². The molecule has 2 rings (SSSR count). The predicted molar refractivity (Wildman–Crippen MR) is 90.0 cm³/mol. The fourth-order valence-corrected chi connectivity index (χ4v) is 2.22. The summed E-state index contributed by atoms with van der Waals surface area (Å²) in [5.74, 6) is 0.796. The molecule has 104 valence electrons. The molecule has 0 bridgehead atoms. The van der Waals surface area contributed by atoms with Gasteiger partial charge in [0.05, 0.1) is 6.20 Å². The fraction of sp³-hybridized carbons (Fsp3) is 0.333. The standard InChI is InChI=1S/C12H17N5S.HI/c1-13-12(14-5-10-3-4-18-9-10)15-6-11-7-16-17(2)8-11;/h3-4,7-9H,5-6H2,1-2H3,(H2,13,14,15);1H. The van der Waals surface area contributed by atoms with Gasteiger partial charge in [-0.05, 0) is 22.4 Å². The Hall–Kier alpha value is -1.09. The van der Waals surface area contributed by atoms with Crippen LogP contribution in [0, 0.1) is 0 Å². The van der Waals surface area contributed by atoms with Crippen molar-refractivity contribution in [2.24, 2.45) is 12.0 Å². The number of nitrogens with one attached hydrogen (secondary N) is 2. The van der Waals surface area contributed by atoms with Crippen LogP contribution in [0.15, 0.2) is 34.2 Å². The largest absolute Gasteiger partial charge is 0.352 e. The molecule has 2 N–H and O–H groups in total. The van der Waals surface area contributed by atoms with Crippen molar-refractivity contribution in [3.8, 4) is 0 Å². The first-order valence-corrected chi connectivity index (χ1v) is 6.65. The Morgan fingerprint density at radius 3 is 2.63 bits per heavy atom. The zero-order valence-electron chi connectivity index (χ0n) is 11.0. The molecule has 0 atom stereocenters. The number of guanidine groups is 1. The van der Waals surface area contributed by atoms with Gasteiger partial charge in [0.2, 0.25) is 0 Å². The Kier molecular flexibility index (Phi) is 6.85. The lowest BCUT2D eigenvalue weighted by molar-refractivity contribution is 0.765. The van der Waals surface area contributed by atoms with Gasteiger partial charge in [0, 0.05) is 38.9 Å². The summed E-state index contributed by atoms with van der Waals surface area (Å²) in [5, 5.41) is 14.8. The van der Waals surface area contributed by atoms with E-state index < -0.39 is 0 Å². The number of nitrogens with zero attached hydrogens (tertiary/aromatic N) is 3. The maximum absolute atomic E-state index is 4.18. The van der Waals surface area contributed by atoms with Crippen LogP contribution in [-0.4, -0.2) is 22.8 Å². The highest BCUT2D eigenvalue weighted by Gasteiger charge is 2.00. The first-order chi connectivity index (χ1) is 8.78. The highest BCUT2D eigenvalue weighted by Crippen LogP contribution is 2.04. The zero-order valence-corrected chi connectivity index (χ0v) is 14.1. The second-order valence-corrected chi connectivity index (χ2v) is 4.71.